The smallest absolute Gasteiger partial charge is 0.319 e. The molecule has 1 heterocycles. The van der Waals surface area contributed by atoms with E-state index in [-0.39, 0.29) is 5.69 Å². The maximum Gasteiger partial charge on any atom is 0.319 e. The average molecular weight is 371 g/mol. The van der Waals surface area contributed by atoms with E-state index >= 15 is 0 Å². The first-order valence-electron chi connectivity index (χ1n) is 8.38. The molecule has 2 aromatic carbocycles. The van der Waals surface area contributed by atoms with Crippen molar-refractivity contribution in [3.8, 4) is 0 Å². The topological polar surface area (TPSA) is 70.2 Å². The molecule has 0 aromatic heterocycles. The van der Waals surface area contributed by atoms with Crippen molar-refractivity contribution in [1.82, 2.24) is 10.6 Å². The number of benzene rings is 2. The predicted molar refractivity (Wildman–Crippen MR) is 98.0 cm³/mol. The molecule has 3 N–H and O–H groups in total. The second-order valence-corrected chi connectivity index (χ2v) is 6.50. The van der Waals surface area contributed by atoms with E-state index in [1.807, 2.05) is 32.0 Å². The van der Waals surface area contributed by atoms with Crippen LogP contribution in [0.5, 0.6) is 0 Å². The fourth-order valence-corrected chi connectivity index (χ4v) is 2.96. The van der Waals surface area contributed by atoms with Crippen molar-refractivity contribution in [2.24, 2.45) is 0 Å². The Kier molecular flexibility index (Phi) is 4.94. The summed E-state index contributed by atoms with van der Waals surface area (Å²) in [7, 11) is 0. The van der Waals surface area contributed by atoms with Crippen LogP contribution in [0.3, 0.4) is 0 Å². The van der Waals surface area contributed by atoms with Gasteiger partial charge in [-0.3, -0.25) is 4.79 Å². The van der Waals surface area contributed by atoms with Crippen LogP contribution >= 0.6 is 0 Å². The molecule has 3 amide bonds. The summed E-state index contributed by atoms with van der Waals surface area (Å²) in [5.41, 5.74) is 3.67. The first kappa shape index (κ1) is 18.6. The molecular formula is C20H19F2N3O2. The molecule has 0 aliphatic carbocycles. The van der Waals surface area contributed by atoms with Gasteiger partial charge in [0, 0.05) is 17.5 Å². The van der Waals surface area contributed by atoms with E-state index < -0.39 is 29.6 Å². The SMILES string of the molecule is CC1=C(C(=O)Nc2ccc(F)c(F)c2)C(c2ccc(C)c(C)c2)NC(=O)N1. The lowest BCUT2D eigenvalue weighted by atomic mass is 9.92. The first-order valence-corrected chi connectivity index (χ1v) is 8.38. The lowest BCUT2D eigenvalue weighted by Gasteiger charge is -2.29. The zero-order valence-corrected chi connectivity index (χ0v) is 15.1. The second-order valence-electron chi connectivity index (χ2n) is 6.50. The molecule has 1 aliphatic rings. The van der Waals surface area contributed by atoms with Crippen LogP contribution in [0.2, 0.25) is 0 Å². The van der Waals surface area contributed by atoms with Gasteiger partial charge in [0.25, 0.3) is 5.91 Å². The highest BCUT2D eigenvalue weighted by Crippen LogP contribution is 2.29. The third-order valence-corrected chi connectivity index (χ3v) is 4.56. The molecule has 3 rings (SSSR count). The minimum absolute atomic E-state index is 0.120. The van der Waals surface area contributed by atoms with E-state index in [4.69, 9.17) is 0 Å². The molecule has 1 aliphatic heterocycles. The number of amides is 3. The summed E-state index contributed by atoms with van der Waals surface area (Å²) < 4.78 is 26.5. The molecule has 140 valence electrons. The van der Waals surface area contributed by atoms with E-state index in [2.05, 4.69) is 16.0 Å². The van der Waals surface area contributed by atoms with Crippen molar-refractivity contribution in [2.45, 2.75) is 26.8 Å². The Morgan fingerprint density at radius 1 is 1.00 bits per heavy atom. The number of anilines is 1. The van der Waals surface area contributed by atoms with E-state index in [1.165, 1.54) is 6.07 Å². The lowest BCUT2D eigenvalue weighted by Crippen LogP contribution is -2.46. The van der Waals surface area contributed by atoms with Crippen LogP contribution in [-0.2, 0) is 4.79 Å². The zero-order chi connectivity index (χ0) is 19.7. The quantitative estimate of drug-likeness (QED) is 0.767. The van der Waals surface area contributed by atoms with Gasteiger partial charge in [-0.2, -0.15) is 0 Å². The van der Waals surface area contributed by atoms with E-state index in [0.717, 1.165) is 28.8 Å². The minimum Gasteiger partial charge on any atom is -0.327 e. The maximum atomic E-state index is 13.4. The maximum absolute atomic E-state index is 13.4. The number of hydrogen-bond donors (Lipinski definition) is 3. The standard InChI is InChI=1S/C20H19F2N3O2/c1-10-4-5-13(8-11(10)2)18-17(12(3)23-20(27)25-18)19(26)24-14-6-7-15(21)16(22)9-14/h4-9,18H,1-3H3,(H,24,26)(H2,23,25,27). The molecule has 27 heavy (non-hydrogen) atoms. The summed E-state index contributed by atoms with van der Waals surface area (Å²) in [5.74, 6) is -2.57. The number of aryl methyl sites for hydroxylation is 2. The Labute approximate surface area is 155 Å². The van der Waals surface area contributed by atoms with Crippen molar-refractivity contribution in [3.63, 3.8) is 0 Å². The third kappa shape index (κ3) is 3.81. The van der Waals surface area contributed by atoms with Crippen LogP contribution in [0.4, 0.5) is 19.3 Å². The van der Waals surface area contributed by atoms with Crippen LogP contribution in [-0.4, -0.2) is 11.9 Å². The van der Waals surface area contributed by atoms with Crippen molar-refractivity contribution >= 4 is 17.6 Å². The summed E-state index contributed by atoms with van der Waals surface area (Å²) in [4.78, 5) is 24.8. The van der Waals surface area contributed by atoms with Gasteiger partial charge in [-0.15, -0.1) is 0 Å². The zero-order valence-electron chi connectivity index (χ0n) is 15.1. The number of carbonyl (C=O) groups excluding carboxylic acids is 2. The number of hydrogen-bond acceptors (Lipinski definition) is 2. The highest BCUT2D eigenvalue weighted by molar-refractivity contribution is 6.06. The van der Waals surface area contributed by atoms with Crippen molar-refractivity contribution in [2.75, 3.05) is 5.32 Å². The fourth-order valence-electron chi connectivity index (χ4n) is 2.96. The van der Waals surface area contributed by atoms with E-state index in [9.17, 15) is 18.4 Å². The van der Waals surface area contributed by atoms with E-state index in [0.29, 0.717) is 11.3 Å². The summed E-state index contributed by atoms with van der Waals surface area (Å²) in [6.07, 6.45) is 0. The Bertz CT molecular complexity index is 970. The van der Waals surface area contributed by atoms with Crippen LogP contribution in [0.25, 0.3) is 0 Å². The van der Waals surface area contributed by atoms with E-state index in [1.54, 1.807) is 6.92 Å². The summed E-state index contributed by atoms with van der Waals surface area (Å²) >= 11 is 0. The molecule has 1 atom stereocenters. The van der Waals surface area contributed by atoms with Gasteiger partial charge < -0.3 is 16.0 Å². The molecule has 0 saturated heterocycles. The van der Waals surface area contributed by atoms with Crippen molar-refractivity contribution in [1.29, 1.82) is 0 Å². The van der Waals surface area contributed by atoms with Gasteiger partial charge in [-0.1, -0.05) is 18.2 Å². The second kappa shape index (κ2) is 7.19. The molecule has 7 heteroatoms. The van der Waals surface area contributed by atoms with Gasteiger partial charge in [-0.05, 0) is 49.6 Å². The first-order chi connectivity index (χ1) is 12.8. The molecule has 5 nitrogen and oxygen atoms in total. The van der Waals surface area contributed by atoms with Crippen LogP contribution < -0.4 is 16.0 Å². The van der Waals surface area contributed by atoms with Gasteiger partial charge in [0.1, 0.15) is 0 Å². The molecule has 0 bridgehead atoms. The number of nitrogens with one attached hydrogen (secondary N) is 3. The molecule has 0 spiro atoms. The Hall–Kier alpha value is -3.22. The lowest BCUT2D eigenvalue weighted by molar-refractivity contribution is -0.113. The number of rotatable bonds is 3. The number of halogens is 2. The Morgan fingerprint density at radius 2 is 1.74 bits per heavy atom. The number of allylic oxidation sites excluding steroid dienone is 1. The molecule has 0 radical (unpaired) electrons. The summed E-state index contributed by atoms with van der Waals surface area (Å²) in [6.45, 7) is 5.53. The Morgan fingerprint density at radius 3 is 2.41 bits per heavy atom. The molecular weight excluding hydrogens is 352 g/mol. The average Bonchev–Trinajstić information content (AvgIpc) is 2.59. The molecule has 0 fully saturated rings. The highest BCUT2D eigenvalue weighted by Gasteiger charge is 2.31. The number of carbonyl (C=O) groups is 2. The predicted octanol–water partition coefficient (Wildman–Crippen LogP) is 3.85. The van der Waals surface area contributed by atoms with Gasteiger partial charge >= 0.3 is 6.03 Å². The fraction of sp³-hybridized carbons (Fsp3) is 0.200. The van der Waals surface area contributed by atoms with Crippen LogP contribution in [0, 0.1) is 25.5 Å². The largest absolute Gasteiger partial charge is 0.327 e. The molecule has 0 saturated carbocycles. The van der Waals surface area contributed by atoms with Gasteiger partial charge in [0.2, 0.25) is 0 Å². The minimum atomic E-state index is -1.06. The van der Waals surface area contributed by atoms with Crippen LogP contribution in [0.15, 0.2) is 47.7 Å². The molecule has 2 aromatic rings. The normalized spacial score (nSPS) is 16.6. The summed E-state index contributed by atoms with van der Waals surface area (Å²) in [5, 5.41) is 7.88. The summed E-state index contributed by atoms with van der Waals surface area (Å²) in [6, 6.07) is 7.70. The van der Waals surface area contributed by atoms with Crippen molar-refractivity contribution < 1.29 is 18.4 Å². The van der Waals surface area contributed by atoms with Crippen molar-refractivity contribution in [3.05, 3.63) is 76.0 Å². The highest BCUT2D eigenvalue weighted by atomic mass is 19.2. The number of urea groups is 1. The monoisotopic (exact) mass is 371 g/mol. The molecule has 1 unspecified atom stereocenters. The van der Waals surface area contributed by atoms with Gasteiger partial charge in [0.15, 0.2) is 11.6 Å². The third-order valence-electron chi connectivity index (χ3n) is 4.56. The van der Waals surface area contributed by atoms with Gasteiger partial charge in [-0.25, -0.2) is 13.6 Å². The van der Waals surface area contributed by atoms with Crippen LogP contribution in [0.1, 0.15) is 29.7 Å². The van der Waals surface area contributed by atoms with Gasteiger partial charge in [0.05, 0.1) is 11.6 Å². The Balaban J connectivity index is 1.96.